The molecule has 98 valence electrons. The van der Waals surface area contributed by atoms with Crippen molar-refractivity contribution in [2.45, 2.75) is 12.3 Å². The van der Waals surface area contributed by atoms with Gasteiger partial charge >= 0.3 is 0 Å². The lowest BCUT2D eigenvalue weighted by Crippen LogP contribution is -2.20. The molecule has 1 aliphatic rings. The molecule has 4 heteroatoms. The number of anilines is 2. The normalized spacial score (nSPS) is 18.8. The van der Waals surface area contributed by atoms with E-state index in [1.165, 1.54) is 5.56 Å². The van der Waals surface area contributed by atoms with Crippen LogP contribution in [-0.2, 0) is 0 Å². The maximum absolute atomic E-state index is 6.22. The number of aromatic nitrogens is 1. The zero-order chi connectivity index (χ0) is 13.2. The standard InChI is InChI=1S/C15H16ClN3/c16-14-8-13(17)9-18-15(14)19-7-6-12(10-19)11-4-2-1-3-5-11/h1-5,8-9,12H,6-7,10,17H2. The largest absolute Gasteiger partial charge is 0.397 e. The van der Waals surface area contributed by atoms with Crippen LogP contribution < -0.4 is 10.6 Å². The van der Waals surface area contributed by atoms with Gasteiger partial charge in [-0.1, -0.05) is 41.9 Å². The van der Waals surface area contributed by atoms with E-state index in [1.54, 1.807) is 12.3 Å². The molecule has 0 bridgehead atoms. The van der Waals surface area contributed by atoms with Crippen molar-refractivity contribution in [2.75, 3.05) is 23.7 Å². The van der Waals surface area contributed by atoms with Gasteiger partial charge in [0, 0.05) is 19.0 Å². The topological polar surface area (TPSA) is 42.1 Å². The number of halogens is 1. The minimum Gasteiger partial charge on any atom is -0.397 e. The Morgan fingerprint density at radius 2 is 2.05 bits per heavy atom. The molecule has 1 unspecified atom stereocenters. The zero-order valence-corrected chi connectivity index (χ0v) is 11.3. The van der Waals surface area contributed by atoms with E-state index < -0.39 is 0 Å². The minimum atomic E-state index is 0.552. The third kappa shape index (κ3) is 2.51. The summed E-state index contributed by atoms with van der Waals surface area (Å²) in [5.41, 5.74) is 7.67. The van der Waals surface area contributed by atoms with E-state index in [0.717, 1.165) is 25.3 Å². The van der Waals surface area contributed by atoms with Gasteiger partial charge in [-0.15, -0.1) is 0 Å². The minimum absolute atomic E-state index is 0.552. The van der Waals surface area contributed by atoms with Crippen LogP contribution in [0.15, 0.2) is 42.6 Å². The highest BCUT2D eigenvalue weighted by Gasteiger charge is 2.25. The molecule has 1 atom stereocenters. The second kappa shape index (κ2) is 5.10. The predicted octanol–water partition coefficient (Wildman–Crippen LogP) is 3.31. The number of hydrogen-bond donors (Lipinski definition) is 1. The molecular weight excluding hydrogens is 258 g/mol. The molecule has 2 N–H and O–H groups in total. The molecule has 1 aromatic heterocycles. The third-order valence-corrected chi connectivity index (χ3v) is 3.88. The summed E-state index contributed by atoms with van der Waals surface area (Å²) < 4.78 is 0. The molecule has 2 aromatic rings. The van der Waals surface area contributed by atoms with Gasteiger partial charge in [-0.25, -0.2) is 4.98 Å². The first kappa shape index (κ1) is 12.3. The van der Waals surface area contributed by atoms with Gasteiger partial charge in [0.15, 0.2) is 0 Å². The number of pyridine rings is 1. The van der Waals surface area contributed by atoms with Gasteiger partial charge in [-0.2, -0.15) is 0 Å². The molecule has 1 saturated heterocycles. The van der Waals surface area contributed by atoms with Gasteiger partial charge in [-0.3, -0.25) is 0 Å². The van der Waals surface area contributed by atoms with Crippen LogP contribution in [0.4, 0.5) is 11.5 Å². The van der Waals surface area contributed by atoms with Crippen molar-refractivity contribution in [1.82, 2.24) is 4.98 Å². The maximum atomic E-state index is 6.22. The summed E-state index contributed by atoms with van der Waals surface area (Å²) in [6, 6.07) is 12.4. The molecule has 1 aliphatic heterocycles. The first-order valence-corrected chi connectivity index (χ1v) is 6.83. The summed E-state index contributed by atoms with van der Waals surface area (Å²) in [6.45, 7) is 1.94. The molecule has 19 heavy (non-hydrogen) atoms. The fraction of sp³-hybridized carbons (Fsp3) is 0.267. The molecule has 0 spiro atoms. The summed E-state index contributed by atoms with van der Waals surface area (Å²) in [5.74, 6) is 1.39. The summed E-state index contributed by atoms with van der Waals surface area (Å²) in [7, 11) is 0. The molecule has 0 saturated carbocycles. The number of nitrogens with zero attached hydrogens (tertiary/aromatic N) is 2. The van der Waals surface area contributed by atoms with E-state index in [2.05, 4.69) is 40.2 Å². The van der Waals surface area contributed by atoms with Gasteiger partial charge in [0.2, 0.25) is 0 Å². The quantitative estimate of drug-likeness (QED) is 0.913. The third-order valence-electron chi connectivity index (χ3n) is 3.60. The van der Waals surface area contributed by atoms with Crippen molar-refractivity contribution in [3.63, 3.8) is 0 Å². The van der Waals surface area contributed by atoms with Gasteiger partial charge in [-0.05, 0) is 18.1 Å². The Hall–Kier alpha value is -1.74. The van der Waals surface area contributed by atoms with Crippen molar-refractivity contribution in [3.8, 4) is 0 Å². The number of hydrogen-bond acceptors (Lipinski definition) is 3. The number of nitrogens with two attached hydrogens (primary N) is 1. The van der Waals surface area contributed by atoms with E-state index >= 15 is 0 Å². The van der Waals surface area contributed by atoms with E-state index in [0.29, 0.717) is 16.6 Å². The number of benzene rings is 1. The van der Waals surface area contributed by atoms with Crippen LogP contribution in [-0.4, -0.2) is 18.1 Å². The molecule has 0 aliphatic carbocycles. The monoisotopic (exact) mass is 273 g/mol. The second-order valence-electron chi connectivity index (χ2n) is 4.92. The Balaban J connectivity index is 1.79. The first-order valence-electron chi connectivity index (χ1n) is 6.45. The van der Waals surface area contributed by atoms with E-state index in [4.69, 9.17) is 17.3 Å². The maximum Gasteiger partial charge on any atom is 0.147 e. The highest BCUT2D eigenvalue weighted by atomic mass is 35.5. The van der Waals surface area contributed by atoms with Crippen LogP contribution in [0.5, 0.6) is 0 Å². The lowest BCUT2D eigenvalue weighted by atomic mass is 9.99. The van der Waals surface area contributed by atoms with Crippen molar-refractivity contribution < 1.29 is 0 Å². The van der Waals surface area contributed by atoms with Gasteiger partial charge in [0.25, 0.3) is 0 Å². The molecule has 1 fully saturated rings. The van der Waals surface area contributed by atoms with E-state index in [1.807, 2.05) is 0 Å². The Kier molecular flexibility index (Phi) is 3.30. The average Bonchev–Trinajstić information content (AvgIpc) is 2.89. The van der Waals surface area contributed by atoms with Crippen LogP contribution in [0.2, 0.25) is 5.02 Å². The van der Waals surface area contributed by atoms with Crippen LogP contribution in [0, 0.1) is 0 Å². The van der Waals surface area contributed by atoms with Crippen molar-refractivity contribution in [1.29, 1.82) is 0 Å². The summed E-state index contributed by atoms with van der Waals surface area (Å²) in [4.78, 5) is 6.59. The smallest absolute Gasteiger partial charge is 0.147 e. The van der Waals surface area contributed by atoms with Gasteiger partial charge < -0.3 is 10.6 Å². The van der Waals surface area contributed by atoms with Crippen LogP contribution >= 0.6 is 11.6 Å². The van der Waals surface area contributed by atoms with Crippen molar-refractivity contribution in [3.05, 3.63) is 53.2 Å². The van der Waals surface area contributed by atoms with Crippen LogP contribution in [0.3, 0.4) is 0 Å². The lowest BCUT2D eigenvalue weighted by Gasteiger charge is -2.19. The van der Waals surface area contributed by atoms with Crippen molar-refractivity contribution >= 4 is 23.1 Å². The molecule has 1 aromatic carbocycles. The fourth-order valence-corrected chi connectivity index (χ4v) is 2.92. The molecule has 3 nitrogen and oxygen atoms in total. The lowest BCUT2D eigenvalue weighted by molar-refractivity contribution is 0.774. The number of rotatable bonds is 2. The molecule has 2 heterocycles. The first-order chi connectivity index (χ1) is 9.24. The summed E-state index contributed by atoms with van der Waals surface area (Å²) >= 11 is 6.22. The average molecular weight is 274 g/mol. The fourth-order valence-electron chi connectivity index (χ4n) is 2.63. The summed E-state index contributed by atoms with van der Waals surface area (Å²) in [5, 5.41) is 0.633. The Labute approximate surface area is 118 Å². The van der Waals surface area contributed by atoms with Crippen LogP contribution in [0.1, 0.15) is 17.9 Å². The van der Waals surface area contributed by atoms with Crippen molar-refractivity contribution in [2.24, 2.45) is 0 Å². The highest BCUT2D eigenvalue weighted by molar-refractivity contribution is 6.33. The molecule has 3 rings (SSSR count). The predicted molar refractivity (Wildman–Crippen MR) is 79.7 cm³/mol. The Morgan fingerprint density at radius 3 is 2.79 bits per heavy atom. The highest BCUT2D eigenvalue weighted by Crippen LogP contribution is 2.33. The molecular formula is C15H16ClN3. The SMILES string of the molecule is Nc1cnc(N2CCC(c3ccccc3)C2)c(Cl)c1. The van der Waals surface area contributed by atoms with E-state index in [9.17, 15) is 0 Å². The van der Waals surface area contributed by atoms with E-state index in [-0.39, 0.29) is 0 Å². The molecule has 0 amide bonds. The van der Waals surface area contributed by atoms with Gasteiger partial charge in [0.05, 0.1) is 16.9 Å². The Morgan fingerprint density at radius 1 is 1.26 bits per heavy atom. The zero-order valence-electron chi connectivity index (χ0n) is 10.6. The Bertz CT molecular complexity index is 571. The second-order valence-corrected chi connectivity index (χ2v) is 5.32. The summed E-state index contributed by atoms with van der Waals surface area (Å²) in [6.07, 6.45) is 2.80. The molecule has 0 radical (unpaired) electrons. The van der Waals surface area contributed by atoms with Crippen LogP contribution in [0.25, 0.3) is 0 Å². The number of nitrogen functional groups attached to an aromatic ring is 1. The van der Waals surface area contributed by atoms with Gasteiger partial charge in [0.1, 0.15) is 5.82 Å².